The second kappa shape index (κ2) is 6.85. The molecule has 0 aromatic carbocycles. The molecule has 0 aliphatic rings. The molecule has 0 aromatic heterocycles. The van der Waals surface area contributed by atoms with Gasteiger partial charge in [-0.15, -0.1) is 0 Å². The van der Waals surface area contributed by atoms with Crippen LogP contribution in [0.25, 0.3) is 0 Å². The van der Waals surface area contributed by atoms with E-state index in [1.807, 2.05) is 26.0 Å². The molecule has 0 bridgehead atoms. The van der Waals surface area contributed by atoms with E-state index in [1.54, 1.807) is 0 Å². The fourth-order valence-corrected chi connectivity index (χ4v) is 0.930. The van der Waals surface area contributed by atoms with Gasteiger partial charge in [0.25, 0.3) is 0 Å². The number of carbonyl (C=O) groups is 1. The van der Waals surface area contributed by atoms with Gasteiger partial charge in [-0.05, 0) is 13.3 Å². The van der Waals surface area contributed by atoms with Gasteiger partial charge in [-0.25, -0.2) is 0 Å². The lowest BCUT2D eigenvalue weighted by atomic mass is 10.2. The van der Waals surface area contributed by atoms with Gasteiger partial charge in [0.05, 0.1) is 0 Å². The van der Waals surface area contributed by atoms with Crippen LogP contribution in [0.1, 0.15) is 26.7 Å². The van der Waals surface area contributed by atoms with Crippen molar-refractivity contribution in [2.45, 2.75) is 32.7 Å². The molecular weight excluding hydrogens is 154 g/mol. The zero-order valence-corrected chi connectivity index (χ0v) is 7.71. The standard InChI is InChI=1S/C9H17NO2/c1-3-5-7-10-8(6-4-2)9(11)12/h3,5,8,10H,4,6-7H2,1-2H3,(H,11,12)/b5-3+. The summed E-state index contributed by atoms with van der Waals surface area (Å²) in [7, 11) is 0. The minimum Gasteiger partial charge on any atom is -0.480 e. The van der Waals surface area contributed by atoms with Crippen molar-refractivity contribution in [1.29, 1.82) is 0 Å². The summed E-state index contributed by atoms with van der Waals surface area (Å²) in [6.45, 7) is 4.53. The van der Waals surface area contributed by atoms with Gasteiger partial charge in [-0.2, -0.15) is 0 Å². The van der Waals surface area contributed by atoms with Crippen LogP contribution in [0.15, 0.2) is 12.2 Å². The molecule has 0 fully saturated rings. The Morgan fingerprint density at radius 1 is 1.67 bits per heavy atom. The molecule has 0 heterocycles. The Morgan fingerprint density at radius 3 is 2.75 bits per heavy atom. The van der Waals surface area contributed by atoms with Crippen LogP contribution in [0.4, 0.5) is 0 Å². The maximum atomic E-state index is 10.6. The minimum atomic E-state index is -0.763. The van der Waals surface area contributed by atoms with E-state index < -0.39 is 12.0 Å². The number of allylic oxidation sites excluding steroid dienone is 1. The highest BCUT2D eigenvalue weighted by Crippen LogP contribution is 1.95. The minimum absolute atomic E-state index is 0.397. The van der Waals surface area contributed by atoms with Gasteiger partial charge in [0.1, 0.15) is 6.04 Å². The third kappa shape index (κ3) is 4.91. The quantitative estimate of drug-likeness (QED) is 0.594. The molecule has 0 amide bonds. The fourth-order valence-electron chi connectivity index (χ4n) is 0.930. The van der Waals surface area contributed by atoms with E-state index in [4.69, 9.17) is 5.11 Å². The Morgan fingerprint density at radius 2 is 2.33 bits per heavy atom. The Bertz CT molecular complexity index is 155. The Labute approximate surface area is 73.5 Å². The molecule has 0 rings (SSSR count). The number of nitrogens with one attached hydrogen (secondary N) is 1. The van der Waals surface area contributed by atoms with Crippen LogP contribution in [-0.2, 0) is 4.79 Å². The number of hydrogen-bond donors (Lipinski definition) is 2. The van der Waals surface area contributed by atoms with Crippen molar-refractivity contribution in [3.8, 4) is 0 Å². The molecule has 70 valence electrons. The van der Waals surface area contributed by atoms with Gasteiger partial charge < -0.3 is 10.4 Å². The van der Waals surface area contributed by atoms with Crippen molar-refractivity contribution in [2.75, 3.05) is 6.54 Å². The molecule has 0 saturated carbocycles. The Hall–Kier alpha value is -0.830. The molecule has 12 heavy (non-hydrogen) atoms. The average molecular weight is 171 g/mol. The van der Waals surface area contributed by atoms with Gasteiger partial charge in [0.15, 0.2) is 0 Å². The highest BCUT2D eigenvalue weighted by molar-refractivity contribution is 5.73. The van der Waals surface area contributed by atoms with E-state index in [9.17, 15) is 4.79 Å². The van der Waals surface area contributed by atoms with E-state index in [2.05, 4.69) is 5.32 Å². The molecule has 0 aliphatic heterocycles. The predicted molar refractivity (Wildman–Crippen MR) is 49.1 cm³/mol. The fraction of sp³-hybridized carbons (Fsp3) is 0.667. The highest BCUT2D eigenvalue weighted by Gasteiger charge is 2.13. The summed E-state index contributed by atoms with van der Waals surface area (Å²) in [5, 5.41) is 11.7. The Kier molecular flexibility index (Phi) is 6.38. The number of hydrogen-bond acceptors (Lipinski definition) is 2. The topological polar surface area (TPSA) is 49.3 Å². The van der Waals surface area contributed by atoms with E-state index in [1.165, 1.54) is 0 Å². The van der Waals surface area contributed by atoms with Crippen LogP contribution in [0.3, 0.4) is 0 Å². The summed E-state index contributed by atoms with van der Waals surface area (Å²) in [4.78, 5) is 10.6. The smallest absolute Gasteiger partial charge is 0.320 e. The first-order chi connectivity index (χ1) is 5.72. The largest absolute Gasteiger partial charge is 0.480 e. The first-order valence-corrected chi connectivity index (χ1v) is 4.29. The average Bonchev–Trinajstić information content (AvgIpc) is 2.03. The lowest BCUT2D eigenvalue weighted by Crippen LogP contribution is -2.36. The van der Waals surface area contributed by atoms with E-state index in [0.29, 0.717) is 13.0 Å². The van der Waals surface area contributed by atoms with Gasteiger partial charge in [-0.3, -0.25) is 4.79 Å². The highest BCUT2D eigenvalue weighted by atomic mass is 16.4. The van der Waals surface area contributed by atoms with Crippen molar-refractivity contribution in [1.82, 2.24) is 5.32 Å². The second-order valence-corrected chi connectivity index (χ2v) is 2.66. The summed E-state index contributed by atoms with van der Waals surface area (Å²) in [5.74, 6) is -0.763. The predicted octanol–water partition coefficient (Wildman–Crippen LogP) is 1.41. The van der Waals surface area contributed by atoms with E-state index >= 15 is 0 Å². The van der Waals surface area contributed by atoms with Crippen molar-refractivity contribution < 1.29 is 9.90 Å². The van der Waals surface area contributed by atoms with E-state index in [-0.39, 0.29) is 0 Å². The zero-order valence-electron chi connectivity index (χ0n) is 7.71. The molecular formula is C9H17NO2. The van der Waals surface area contributed by atoms with Gasteiger partial charge in [0.2, 0.25) is 0 Å². The van der Waals surface area contributed by atoms with Crippen LogP contribution in [0.5, 0.6) is 0 Å². The van der Waals surface area contributed by atoms with Gasteiger partial charge in [-0.1, -0.05) is 25.5 Å². The molecule has 1 unspecified atom stereocenters. The maximum Gasteiger partial charge on any atom is 0.320 e. The summed E-state index contributed by atoms with van der Waals surface area (Å²) in [6.07, 6.45) is 5.39. The number of aliphatic carboxylic acids is 1. The van der Waals surface area contributed by atoms with Crippen molar-refractivity contribution in [3.05, 3.63) is 12.2 Å². The SMILES string of the molecule is C/C=C/CNC(CCC)C(=O)O. The normalized spacial score (nSPS) is 13.5. The monoisotopic (exact) mass is 171 g/mol. The van der Waals surface area contributed by atoms with Crippen molar-refractivity contribution in [3.63, 3.8) is 0 Å². The first kappa shape index (κ1) is 11.2. The molecule has 2 N–H and O–H groups in total. The molecule has 0 aromatic rings. The number of carboxylic acids is 1. The van der Waals surface area contributed by atoms with Crippen LogP contribution in [-0.4, -0.2) is 23.7 Å². The molecule has 0 spiro atoms. The molecule has 1 atom stereocenters. The number of carboxylic acid groups (broad SMARTS) is 1. The third-order valence-corrected chi connectivity index (χ3v) is 1.59. The van der Waals surface area contributed by atoms with Crippen LogP contribution < -0.4 is 5.32 Å². The lowest BCUT2D eigenvalue weighted by Gasteiger charge is -2.10. The van der Waals surface area contributed by atoms with Crippen LogP contribution in [0, 0.1) is 0 Å². The maximum absolute atomic E-state index is 10.6. The Balaban J connectivity index is 3.71. The van der Waals surface area contributed by atoms with Crippen molar-refractivity contribution >= 4 is 5.97 Å². The summed E-state index contributed by atoms with van der Waals surface area (Å²) in [6, 6.07) is -0.397. The number of rotatable bonds is 6. The molecule has 0 radical (unpaired) electrons. The van der Waals surface area contributed by atoms with Gasteiger partial charge >= 0.3 is 5.97 Å². The van der Waals surface area contributed by atoms with E-state index in [0.717, 1.165) is 6.42 Å². The summed E-state index contributed by atoms with van der Waals surface area (Å²) in [5.41, 5.74) is 0. The molecule has 3 heteroatoms. The first-order valence-electron chi connectivity index (χ1n) is 4.29. The van der Waals surface area contributed by atoms with Crippen molar-refractivity contribution in [2.24, 2.45) is 0 Å². The molecule has 0 saturated heterocycles. The zero-order chi connectivity index (χ0) is 9.40. The van der Waals surface area contributed by atoms with Crippen LogP contribution >= 0.6 is 0 Å². The van der Waals surface area contributed by atoms with Crippen LogP contribution in [0.2, 0.25) is 0 Å². The summed E-state index contributed by atoms with van der Waals surface area (Å²) >= 11 is 0. The third-order valence-electron chi connectivity index (χ3n) is 1.59. The molecule has 3 nitrogen and oxygen atoms in total. The summed E-state index contributed by atoms with van der Waals surface area (Å²) < 4.78 is 0. The van der Waals surface area contributed by atoms with Gasteiger partial charge in [0, 0.05) is 6.54 Å². The second-order valence-electron chi connectivity index (χ2n) is 2.66. The molecule has 0 aliphatic carbocycles. The lowest BCUT2D eigenvalue weighted by molar-refractivity contribution is -0.139.